The van der Waals surface area contributed by atoms with Crippen LogP contribution in [0.1, 0.15) is 144 Å². The Morgan fingerprint density at radius 2 is 0.925 bits per heavy atom. The van der Waals surface area contributed by atoms with Crippen molar-refractivity contribution in [2.24, 2.45) is 5.41 Å². The van der Waals surface area contributed by atoms with Crippen molar-refractivity contribution in [3.63, 3.8) is 0 Å². The number of aromatic nitrogens is 8. The first-order valence-corrected chi connectivity index (χ1v) is 37.5. The summed E-state index contributed by atoms with van der Waals surface area (Å²) in [5.74, 6) is 1.48. The molecule has 4 aliphatic carbocycles. The van der Waals surface area contributed by atoms with E-state index in [0.29, 0.717) is 59.9 Å². The summed E-state index contributed by atoms with van der Waals surface area (Å²) < 4.78 is 36.9. The van der Waals surface area contributed by atoms with Crippen LogP contribution in [0.5, 0.6) is 11.5 Å². The molecular weight excluding hydrogens is 1450 g/mol. The van der Waals surface area contributed by atoms with Gasteiger partial charge in [-0.15, -0.1) is 12.4 Å². The van der Waals surface area contributed by atoms with Gasteiger partial charge in [0.15, 0.2) is 5.78 Å². The summed E-state index contributed by atoms with van der Waals surface area (Å²) in [5.41, 5.74) is 15.3. The zero-order valence-corrected chi connectivity index (χ0v) is 68.3. The van der Waals surface area contributed by atoms with Gasteiger partial charge in [-0.25, -0.2) is 13.8 Å². The van der Waals surface area contributed by atoms with Crippen LogP contribution >= 0.6 is 58.8 Å². The lowest BCUT2D eigenvalue weighted by Crippen LogP contribution is -2.40. The third-order valence-electron chi connectivity index (χ3n) is 16.5. The molecule has 0 bridgehead atoms. The number of amides is 1. The number of ether oxygens (including phenoxy) is 2. The van der Waals surface area contributed by atoms with Crippen molar-refractivity contribution >= 4 is 76.2 Å². The topological polar surface area (TPSA) is 201 Å². The molecule has 0 fully saturated rings. The minimum atomic E-state index is -0.312. The molecule has 576 valence electrons. The lowest BCUT2D eigenvalue weighted by atomic mass is 9.90. The number of ketones is 1. The van der Waals surface area contributed by atoms with Gasteiger partial charge in [0.1, 0.15) is 41.5 Å². The second-order valence-electron chi connectivity index (χ2n) is 29.3. The Balaban J connectivity index is 0.000000237. The van der Waals surface area contributed by atoms with Crippen molar-refractivity contribution in [1.82, 2.24) is 59.9 Å². The molecule has 8 aromatic rings. The Morgan fingerprint density at radius 3 is 1.32 bits per heavy atom. The highest BCUT2D eigenvalue weighted by atomic mass is 35.5. The number of aliphatic hydroxyl groups excluding tert-OH is 1. The second-order valence-corrected chi connectivity index (χ2v) is 30.9. The normalized spacial score (nSPS) is 12.8. The van der Waals surface area contributed by atoms with E-state index in [9.17, 15) is 18.4 Å². The van der Waals surface area contributed by atoms with Crippen LogP contribution < -0.4 is 19.7 Å². The maximum atomic E-state index is 13.1. The van der Waals surface area contributed by atoms with Gasteiger partial charge in [0.25, 0.3) is 0 Å². The van der Waals surface area contributed by atoms with Crippen LogP contribution in [0.3, 0.4) is 0 Å². The number of hydrogen-bond acceptors (Lipinski definition) is 17. The summed E-state index contributed by atoms with van der Waals surface area (Å²) in [6.07, 6.45) is 21.0. The molecule has 8 heterocycles. The van der Waals surface area contributed by atoms with E-state index in [4.69, 9.17) is 71.0 Å². The van der Waals surface area contributed by atoms with E-state index >= 15 is 0 Å². The molecule has 2 N–H and O–H groups in total. The molecule has 0 saturated heterocycles. The van der Waals surface area contributed by atoms with Crippen molar-refractivity contribution in [2.45, 2.75) is 157 Å². The number of nitrogens with zero attached hydrogens (tertiary/aromatic N) is 12. The number of nitrogens with one attached hydrogen (secondary N) is 1. The number of aryl methyl sites for hydroxylation is 5. The maximum Gasteiger partial charge on any atom is 0.220 e. The van der Waals surface area contributed by atoms with Crippen molar-refractivity contribution in [1.29, 1.82) is 0 Å². The van der Waals surface area contributed by atoms with Crippen LogP contribution in [-0.2, 0) is 61.0 Å². The third kappa shape index (κ3) is 31.2. The molecule has 0 radical (unpaired) electrons. The summed E-state index contributed by atoms with van der Waals surface area (Å²) in [5, 5.41) is 13.9. The molecule has 106 heavy (non-hydrogen) atoms. The fourth-order valence-electron chi connectivity index (χ4n) is 11.6. The number of aliphatic hydroxyl groups is 1. The van der Waals surface area contributed by atoms with Crippen molar-refractivity contribution in [3.8, 4) is 45.7 Å². The molecule has 25 heteroatoms. The summed E-state index contributed by atoms with van der Waals surface area (Å²) in [6, 6.07) is 20.5. The number of carbonyl (C=O) groups is 2. The molecule has 4 aliphatic rings. The van der Waals surface area contributed by atoms with Gasteiger partial charge in [0.2, 0.25) is 5.91 Å². The minimum Gasteiger partial charge on any atom is -0.492 e. The lowest BCUT2D eigenvalue weighted by Gasteiger charge is -2.24. The van der Waals surface area contributed by atoms with E-state index in [1.165, 1.54) is 53.3 Å². The molecule has 8 aromatic heterocycles. The Labute approximate surface area is 653 Å². The zero-order chi connectivity index (χ0) is 77.0. The number of likely N-dealkylation sites (N-methyl/N-ethyl adjacent to an activating group) is 4. The maximum absolute atomic E-state index is 13.1. The van der Waals surface area contributed by atoms with Gasteiger partial charge >= 0.3 is 0 Å². The van der Waals surface area contributed by atoms with E-state index in [-0.39, 0.29) is 53.3 Å². The fourth-order valence-corrected chi connectivity index (χ4v) is 12.8. The van der Waals surface area contributed by atoms with Crippen LogP contribution in [-0.4, -0.2) is 172 Å². The molecule has 12 rings (SSSR count). The zero-order valence-electron chi connectivity index (χ0n) is 64.4. The quantitative estimate of drug-likeness (QED) is 0.0723. The van der Waals surface area contributed by atoms with Gasteiger partial charge in [0.05, 0.1) is 47.3 Å². The Morgan fingerprint density at radius 1 is 0.519 bits per heavy atom. The number of fused-ring (bicyclic) bond motifs is 4. The first-order valence-electron chi connectivity index (χ1n) is 36.0. The Bertz CT molecular complexity index is 4090. The number of hydrogen-bond donors (Lipinski definition) is 2. The minimum absolute atomic E-state index is 0. The smallest absolute Gasteiger partial charge is 0.220 e. The standard InChI is InChI=1S/C25H36N4O2.C17H20ClN3O.C13H10ClFN2.C8H7Cl2N.C8H17NO.C6H6FN.C4H11NO.ClH/c1-25(2,3)16-18(30)17-29(6)24-15-23(27-21-9-7-8-20(21)24)22-14-19(10-11-26-22)31-13-12-28(4)5;1-21(2)8-9-22-12-6-7-19-16(10-12)17-11-14(18)13-4-3-5-15(13)20-17;14-10-7-13(12-6-8(15)4-5-16-12)17-11-3-1-2-9(10)11;9-6-4-8(10)11-7-3-1-2-5(6)7;1-5-6-7(10)9-8(2,3)4;1-5-4-6(7)2-3-8-5;1-5(2)3-4-6;/h10-11,14-15H,7-9,12-13,16-17H2,1-6H3;6-7,10-11H,3-5,8-9H2,1-2H3;4-7H,1-3H2;4H,1-3H2;5-6H2,1-4H3,(H,9,10);2-4H,1H3;6H,3-4H2,1-2H3;1H. The number of carbonyl (C=O) groups excluding carboxylic acids is 2. The van der Waals surface area contributed by atoms with Gasteiger partial charge < -0.3 is 39.5 Å². The fraction of sp³-hybridized carbons (Fsp3) is 0.481. The molecule has 1 amide bonds. The average Bonchev–Trinajstić information content (AvgIpc) is 1.55. The first-order chi connectivity index (χ1) is 49.8. The van der Waals surface area contributed by atoms with Crippen molar-refractivity contribution in [3.05, 3.63) is 180 Å². The Hall–Kier alpha value is -7.11. The van der Waals surface area contributed by atoms with Gasteiger partial charge in [-0.3, -0.25) is 44.5 Å². The highest BCUT2D eigenvalue weighted by Crippen LogP contribution is 2.37. The number of rotatable bonds is 19. The van der Waals surface area contributed by atoms with Crippen molar-refractivity contribution < 1.29 is 33.0 Å². The highest BCUT2D eigenvalue weighted by molar-refractivity contribution is 6.34. The number of Topliss-reactive ketones (excluding diaryl/α,β-unsaturated/α-hetero) is 1. The monoisotopic (exact) mass is 1560 g/mol. The van der Waals surface area contributed by atoms with Crippen molar-refractivity contribution in [2.75, 3.05) is 100 Å². The Kier molecular flexibility index (Phi) is 37.5. The molecule has 0 saturated carbocycles. The van der Waals surface area contributed by atoms with E-state index in [1.807, 2.05) is 112 Å². The third-order valence-corrected chi connectivity index (χ3v) is 17.7. The predicted molar refractivity (Wildman–Crippen MR) is 430 cm³/mol. The number of pyridine rings is 8. The SMILES string of the molecule is CCCC(=O)NC(C)(C)C.CN(C)CCO.CN(C)CCOc1ccnc(-c2cc(Cl)c3c(n2)CCC3)c1.CN(C)CCOc1ccnc(-c2cc(N(C)CC(=O)CC(C)(C)C)c3c(n2)CCC3)c1.Cc1cc(F)ccn1.Cl.Clc1cc(Cl)c2c(n1)CCC2.Fc1ccnc(-c2cc(Cl)c3c(n2)CCC3)c1. The summed E-state index contributed by atoms with van der Waals surface area (Å²) in [4.78, 5) is 67.0. The molecule has 0 unspecified atom stereocenters. The van der Waals surface area contributed by atoms with Crippen LogP contribution in [0.2, 0.25) is 20.2 Å². The number of anilines is 1. The molecule has 0 aliphatic heterocycles. The average molecular weight is 1560 g/mol. The molecule has 0 spiro atoms. The van der Waals surface area contributed by atoms with Crippen LogP contribution in [0.15, 0.2) is 97.6 Å². The summed E-state index contributed by atoms with van der Waals surface area (Å²) in [6.45, 7) is 20.5. The van der Waals surface area contributed by atoms with E-state index in [2.05, 4.69) is 76.8 Å². The van der Waals surface area contributed by atoms with Crippen LogP contribution in [0.25, 0.3) is 34.2 Å². The first kappa shape index (κ1) is 89.5. The van der Waals surface area contributed by atoms with E-state index in [0.717, 1.165) is 181 Å². The van der Waals surface area contributed by atoms with Crippen LogP contribution in [0, 0.1) is 24.0 Å². The van der Waals surface area contributed by atoms with Crippen LogP contribution in [0.4, 0.5) is 14.5 Å². The van der Waals surface area contributed by atoms with Gasteiger partial charge in [0, 0.05) is 137 Å². The molecule has 18 nitrogen and oxygen atoms in total. The highest BCUT2D eigenvalue weighted by Gasteiger charge is 2.25. The van der Waals surface area contributed by atoms with Gasteiger partial charge in [-0.05, 0) is 236 Å². The summed E-state index contributed by atoms with van der Waals surface area (Å²) in [7, 11) is 14.0. The summed E-state index contributed by atoms with van der Waals surface area (Å²) >= 11 is 24.3. The molecular formula is C81H108Cl5F2N13O5. The molecule has 0 aromatic carbocycles. The van der Waals surface area contributed by atoms with Gasteiger partial charge in [-0.1, -0.05) is 74.1 Å². The van der Waals surface area contributed by atoms with E-state index in [1.54, 1.807) is 31.5 Å². The molecule has 0 atom stereocenters. The number of halogens is 7. The second kappa shape index (κ2) is 44.4. The lowest BCUT2D eigenvalue weighted by molar-refractivity contribution is -0.122. The van der Waals surface area contributed by atoms with Gasteiger partial charge in [-0.2, -0.15) is 0 Å². The predicted octanol–water partition coefficient (Wildman–Crippen LogP) is 16.7. The van der Waals surface area contributed by atoms with E-state index < -0.39 is 0 Å². The largest absolute Gasteiger partial charge is 0.492 e.